The Labute approximate surface area is 131 Å². The largest absolute Gasteiger partial charge is 0.278 e. The number of anilines is 1. The van der Waals surface area contributed by atoms with Gasteiger partial charge in [0.25, 0.3) is 10.0 Å². The molecule has 0 spiro atoms. The summed E-state index contributed by atoms with van der Waals surface area (Å²) in [7, 11) is -3.63. The average Bonchev–Trinajstić information content (AvgIpc) is 2.41. The molecule has 0 saturated carbocycles. The second-order valence-electron chi connectivity index (χ2n) is 3.87. The zero-order chi connectivity index (χ0) is 14.6. The normalized spacial score (nSPS) is 11.3. The summed E-state index contributed by atoms with van der Waals surface area (Å²) in [6.45, 7) is 2.02. The van der Waals surface area contributed by atoms with Crippen molar-refractivity contribution in [1.82, 2.24) is 4.98 Å². The highest BCUT2D eigenvalue weighted by Gasteiger charge is 2.16. The third-order valence-corrected chi connectivity index (χ3v) is 5.14. The minimum Gasteiger partial charge on any atom is -0.278 e. The van der Waals surface area contributed by atoms with Crippen LogP contribution in [0.1, 0.15) is 6.92 Å². The molecular formula is C13H13BrN2O2S2. The number of nitrogens with one attached hydrogen (secondary N) is 1. The van der Waals surface area contributed by atoms with E-state index in [1.165, 1.54) is 12.3 Å². The predicted molar refractivity (Wildman–Crippen MR) is 85.6 cm³/mol. The van der Waals surface area contributed by atoms with Gasteiger partial charge in [-0.15, -0.1) is 11.8 Å². The van der Waals surface area contributed by atoms with Gasteiger partial charge in [-0.05, 0) is 39.9 Å². The molecule has 0 atom stereocenters. The molecule has 0 aliphatic heterocycles. The summed E-state index contributed by atoms with van der Waals surface area (Å²) in [5, 5.41) is 0. The lowest BCUT2D eigenvalue weighted by Gasteiger charge is -2.11. The molecule has 106 valence electrons. The second kappa shape index (κ2) is 6.60. The van der Waals surface area contributed by atoms with Crippen LogP contribution in [0.4, 0.5) is 5.69 Å². The molecule has 7 heteroatoms. The summed E-state index contributed by atoms with van der Waals surface area (Å²) >= 11 is 4.81. The van der Waals surface area contributed by atoms with Crippen LogP contribution in [0.25, 0.3) is 0 Å². The minimum atomic E-state index is -3.63. The van der Waals surface area contributed by atoms with Crippen LogP contribution < -0.4 is 4.72 Å². The van der Waals surface area contributed by atoms with Crippen molar-refractivity contribution in [3.8, 4) is 0 Å². The summed E-state index contributed by atoms with van der Waals surface area (Å²) in [5.74, 6) is 0.872. The van der Waals surface area contributed by atoms with Gasteiger partial charge in [0.2, 0.25) is 0 Å². The molecule has 0 fully saturated rings. The Bertz CT molecular complexity index is 705. The van der Waals surface area contributed by atoms with Gasteiger partial charge in [-0.1, -0.05) is 19.1 Å². The molecular weight excluding hydrogens is 360 g/mol. The third kappa shape index (κ3) is 3.74. The van der Waals surface area contributed by atoms with Crippen molar-refractivity contribution in [2.45, 2.75) is 16.7 Å². The number of halogens is 1. The van der Waals surface area contributed by atoms with Gasteiger partial charge >= 0.3 is 0 Å². The van der Waals surface area contributed by atoms with E-state index in [4.69, 9.17) is 0 Å². The van der Waals surface area contributed by atoms with Gasteiger partial charge in [-0.25, -0.2) is 8.42 Å². The minimum absolute atomic E-state index is 0.128. The number of rotatable bonds is 5. The Balaban J connectivity index is 2.34. The Kier molecular flexibility index (Phi) is 5.06. The van der Waals surface area contributed by atoms with Crippen LogP contribution in [-0.2, 0) is 10.0 Å². The fourth-order valence-corrected chi connectivity index (χ4v) is 3.98. The number of para-hydroxylation sites is 1. The number of aromatic nitrogens is 1. The Hall–Kier alpha value is -1.05. The summed E-state index contributed by atoms with van der Waals surface area (Å²) in [6, 6.07) is 8.85. The van der Waals surface area contributed by atoms with Gasteiger partial charge in [0, 0.05) is 21.8 Å². The number of benzene rings is 1. The summed E-state index contributed by atoms with van der Waals surface area (Å²) in [6.07, 6.45) is 2.86. The average molecular weight is 373 g/mol. The van der Waals surface area contributed by atoms with Gasteiger partial charge in [0.15, 0.2) is 0 Å². The number of hydrogen-bond acceptors (Lipinski definition) is 4. The maximum Gasteiger partial charge on any atom is 0.263 e. The molecule has 0 radical (unpaired) electrons. The van der Waals surface area contributed by atoms with Crippen molar-refractivity contribution in [3.05, 3.63) is 47.2 Å². The van der Waals surface area contributed by atoms with E-state index in [0.29, 0.717) is 10.2 Å². The fraction of sp³-hybridized carbons (Fsp3) is 0.154. The van der Waals surface area contributed by atoms with E-state index in [-0.39, 0.29) is 4.90 Å². The molecule has 0 aliphatic rings. The van der Waals surface area contributed by atoms with E-state index in [0.717, 1.165) is 10.6 Å². The molecule has 1 N–H and O–H groups in total. The second-order valence-corrected chi connectivity index (χ2v) is 7.78. The molecule has 0 amide bonds. The van der Waals surface area contributed by atoms with E-state index in [1.807, 2.05) is 19.1 Å². The molecule has 0 unspecified atom stereocenters. The van der Waals surface area contributed by atoms with Crippen molar-refractivity contribution < 1.29 is 8.42 Å². The Morgan fingerprint density at radius 1 is 1.30 bits per heavy atom. The molecule has 2 aromatic rings. The first-order valence-electron chi connectivity index (χ1n) is 5.88. The standard InChI is InChI=1S/C13H13BrN2O2S2/c1-2-19-13-6-4-3-5-12(13)16-20(17,18)11-7-10(14)8-15-9-11/h3-9,16H,2H2,1H3. The van der Waals surface area contributed by atoms with Gasteiger partial charge < -0.3 is 0 Å². The molecule has 0 saturated heterocycles. The first-order valence-corrected chi connectivity index (χ1v) is 9.14. The number of nitrogens with zero attached hydrogens (tertiary/aromatic N) is 1. The fourth-order valence-electron chi connectivity index (χ4n) is 1.58. The van der Waals surface area contributed by atoms with E-state index in [2.05, 4.69) is 25.6 Å². The van der Waals surface area contributed by atoms with Crippen molar-refractivity contribution in [2.24, 2.45) is 0 Å². The highest BCUT2D eigenvalue weighted by molar-refractivity contribution is 9.10. The first kappa shape index (κ1) is 15.3. The summed E-state index contributed by atoms with van der Waals surface area (Å²) in [5.41, 5.74) is 0.583. The third-order valence-electron chi connectivity index (χ3n) is 2.42. The van der Waals surface area contributed by atoms with Crippen LogP contribution in [-0.4, -0.2) is 19.2 Å². The van der Waals surface area contributed by atoms with Crippen molar-refractivity contribution >= 4 is 43.4 Å². The van der Waals surface area contributed by atoms with Gasteiger partial charge in [-0.2, -0.15) is 0 Å². The highest BCUT2D eigenvalue weighted by Crippen LogP contribution is 2.28. The highest BCUT2D eigenvalue weighted by atomic mass is 79.9. The van der Waals surface area contributed by atoms with Gasteiger partial charge in [0.05, 0.1) is 5.69 Å². The topological polar surface area (TPSA) is 59.1 Å². The van der Waals surface area contributed by atoms with Crippen molar-refractivity contribution in [2.75, 3.05) is 10.5 Å². The maximum atomic E-state index is 12.3. The van der Waals surface area contributed by atoms with Gasteiger partial charge in [-0.3, -0.25) is 9.71 Å². The molecule has 4 nitrogen and oxygen atoms in total. The number of thioether (sulfide) groups is 1. The molecule has 2 rings (SSSR count). The van der Waals surface area contributed by atoms with Crippen LogP contribution in [0.2, 0.25) is 0 Å². The predicted octanol–water partition coefficient (Wildman–Crippen LogP) is 3.76. The van der Waals surface area contributed by atoms with Crippen LogP contribution >= 0.6 is 27.7 Å². The van der Waals surface area contributed by atoms with E-state index in [9.17, 15) is 8.42 Å². The zero-order valence-corrected chi connectivity index (χ0v) is 13.9. The molecule has 1 aromatic heterocycles. The molecule has 0 bridgehead atoms. The van der Waals surface area contributed by atoms with E-state index >= 15 is 0 Å². The quantitative estimate of drug-likeness (QED) is 0.811. The van der Waals surface area contributed by atoms with E-state index in [1.54, 1.807) is 30.1 Å². The van der Waals surface area contributed by atoms with E-state index < -0.39 is 10.0 Å². The van der Waals surface area contributed by atoms with Crippen molar-refractivity contribution in [1.29, 1.82) is 0 Å². The number of sulfonamides is 1. The van der Waals surface area contributed by atoms with Crippen LogP contribution in [0.15, 0.2) is 57.0 Å². The van der Waals surface area contributed by atoms with Crippen LogP contribution in [0.3, 0.4) is 0 Å². The van der Waals surface area contributed by atoms with Crippen molar-refractivity contribution in [3.63, 3.8) is 0 Å². The molecule has 20 heavy (non-hydrogen) atoms. The Morgan fingerprint density at radius 2 is 2.05 bits per heavy atom. The smallest absolute Gasteiger partial charge is 0.263 e. The van der Waals surface area contributed by atoms with Crippen LogP contribution in [0.5, 0.6) is 0 Å². The Morgan fingerprint density at radius 3 is 2.75 bits per heavy atom. The molecule has 0 aliphatic carbocycles. The molecule has 1 heterocycles. The van der Waals surface area contributed by atoms with Gasteiger partial charge in [0.1, 0.15) is 4.90 Å². The lowest BCUT2D eigenvalue weighted by molar-refractivity contribution is 0.600. The summed E-state index contributed by atoms with van der Waals surface area (Å²) in [4.78, 5) is 4.91. The lowest BCUT2D eigenvalue weighted by Crippen LogP contribution is -2.13. The SMILES string of the molecule is CCSc1ccccc1NS(=O)(=O)c1cncc(Br)c1. The maximum absolute atomic E-state index is 12.3. The monoisotopic (exact) mass is 372 g/mol. The summed E-state index contributed by atoms with van der Waals surface area (Å²) < 4.78 is 27.9. The first-order chi connectivity index (χ1) is 9.53. The lowest BCUT2D eigenvalue weighted by atomic mass is 10.3. The number of pyridine rings is 1. The number of hydrogen-bond donors (Lipinski definition) is 1. The zero-order valence-electron chi connectivity index (χ0n) is 10.7. The molecule has 1 aromatic carbocycles. The van der Waals surface area contributed by atoms with Crippen LogP contribution in [0, 0.1) is 0 Å².